The first-order valence-electron chi connectivity index (χ1n) is 17.0. The molecule has 0 N–H and O–H groups in total. The molecule has 0 bridgehead atoms. The van der Waals surface area contributed by atoms with E-state index in [1.165, 1.54) is 66.3 Å². The van der Waals surface area contributed by atoms with E-state index in [0.29, 0.717) is 0 Å². The molecule has 1 atom stereocenters. The predicted octanol–water partition coefficient (Wildman–Crippen LogP) is 11.8. The predicted molar refractivity (Wildman–Crippen MR) is 201 cm³/mol. The van der Waals surface area contributed by atoms with Crippen LogP contribution in [0.15, 0.2) is 152 Å². The van der Waals surface area contributed by atoms with Crippen LogP contribution in [-0.2, 0) is 5.41 Å². The quantitative estimate of drug-likeness (QED) is 0.192. The molecule has 0 aliphatic heterocycles. The maximum Gasteiger partial charge on any atom is 0.0995 e. The monoisotopic (exact) mass is 624 g/mol. The Morgan fingerprint density at radius 1 is 0.551 bits per heavy atom. The average Bonchev–Trinajstić information content (AvgIpc) is 3.75. The Balaban J connectivity index is 1.24. The lowest BCUT2D eigenvalue weighted by Crippen LogP contribution is -2.19. The standard InChI is InChI=1S/C47H32N2/c1-47(2)40-22-8-5-17-34(40)39-26-25-38-33-16-3-4-20-37(33)44(45(38)46(39)47)43-30(28-48)14-12-21-32(43)29-13-11-15-31(27-29)49-41-23-9-6-18-35(41)36-19-7-10-24-42(36)49/h3-27,44H,1-2H3. The Bertz CT molecular complexity index is 2660. The van der Waals surface area contributed by atoms with Gasteiger partial charge in [0.2, 0.25) is 0 Å². The van der Waals surface area contributed by atoms with E-state index in [1.54, 1.807) is 0 Å². The van der Waals surface area contributed by atoms with Gasteiger partial charge in [-0.15, -0.1) is 0 Å². The van der Waals surface area contributed by atoms with Crippen LogP contribution >= 0.6 is 0 Å². The maximum absolute atomic E-state index is 10.8. The van der Waals surface area contributed by atoms with Crippen molar-refractivity contribution in [1.82, 2.24) is 4.57 Å². The van der Waals surface area contributed by atoms with E-state index in [1.807, 2.05) is 12.1 Å². The smallest absolute Gasteiger partial charge is 0.0995 e. The Morgan fingerprint density at radius 2 is 1.18 bits per heavy atom. The number of hydrogen-bond donors (Lipinski definition) is 0. The van der Waals surface area contributed by atoms with Crippen LogP contribution in [-0.4, -0.2) is 4.57 Å². The molecule has 0 fully saturated rings. The molecule has 1 unspecified atom stereocenters. The molecule has 2 nitrogen and oxygen atoms in total. The van der Waals surface area contributed by atoms with Crippen LogP contribution in [0, 0.1) is 11.3 Å². The van der Waals surface area contributed by atoms with Crippen molar-refractivity contribution in [2.45, 2.75) is 25.2 Å². The molecular weight excluding hydrogens is 593 g/mol. The van der Waals surface area contributed by atoms with Crippen LogP contribution in [0.5, 0.6) is 0 Å². The summed E-state index contributed by atoms with van der Waals surface area (Å²) in [4.78, 5) is 0. The molecule has 10 rings (SSSR count). The Labute approximate surface area is 286 Å². The highest BCUT2D eigenvalue weighted by molar-refractivity contribution is 6.09. The molecule has 1 heterocycles. The lowest BCUT2D eigenvalue weighted by Gasteiger charge is -2.28. The van der Waals surface area contributed by atoms with Crippen LogP contribution in [0.1, 0.15) is 53.1 Å². The van der Waals surface area contributed by atoms with Gasteiger partial charge in [-0.05, 0) is 91.5 Å². The van der Waals surface area contributed by atoms with Crippen LogP contribution < -0.4 is 0 Å². The summed E-state index contributed by atoms with van der Waals surface area (Å²) in [6.07, 6.45) is 0. The summed E-state index contributed by atoms with van der Waals surface area (Å²) >= 11 is 0. The molecule has 2 aliphatic rings. The lowest BCUT2D eigenvalue weighted by atomic mass is 9.74. The number of aromatic nitrogens is 1. The van der Waals surface area contributed by atoms with Gasteiger partial charge in [0.15, 0.2) is 0 Å². The highest BCUT2D eigenvalue weighted by atomic mass is 15.0. The van der Waals surface area contributed by atoms with Crippen molar-refractivity contribution in [2.75, 3.05) is 0 Å². The topological polar surface area (TPSA) is 28.7 Å². The molecule has 49 heavy (non-hydrogen) atoms. The zero-order valence-corrected chi connectivity index (χ0v) is 27.4. The highest BCUT2D eigenvalue weighted by Gasteiger charge is 2.44. The van der Waals surface area contributed by atoms with E-state index < -0.39 is 0 Å². The normalized spacial score (nSPS) is 15.1. The summed E-state index contributed by atoms with van der Waals surface area (Å²) in [5, 5.41) is 13.3. The van der Waals surface area contributed by atoms with Crippen LogP contribution in [0.25, 0.3) is 60.9 Å². The largest absolute Gasteiger partial charge is 0.309 e. The summed E-state index contributed by atoms with van der Waals surface area (Å²) in [5.74, 6) is -0.0857. The zero-order valence-electron chi connectivity index (χ0n) is 27.4. The Hall–Kier alpha value is -6.17. The molecule has 8 aromatic rings. The first kappa shape index (κ1) is 27.9. The summed E-state index contributed by atoms with van der Waals surface area (Å²) in [5.41, 5.74) is 17.8. The molecule has 2 heteroatoms. The van der Waals surface area contributed by atoms with Gasteiger partial charge in [-0.3, -0.25) is 0 Å². The summed E-state index contributed by atoms with van der Waals surface area (Å²) in [7, 11) is 0. The van der Waals surface area contributed by atoms with Gasteiger partial charge < -0.3 is 4.57 Å². The lowest BCUT2D eigenvalue weighted by molar-refractivity contribution is 0.650. The first-order valence-corrected chi connectivity index (χ1v) is 17.0. The van der Waals surface area contributed by atoms with Crippen LogP contribution in [0.2, 0.25) is 0 Å². The van der Waals surface area contributed by atoms with E-state index in [0.717, 1.165) is 27.9 Å². The van der Waals surface area contributed by atoms with Crippen LogP contribution in [0.4, 0.5) is 0 Å². The van der Waals surface area contributed by atoms with Gasteiger partial charge in [0.05, 0.1) is 22.7 Å². The highest BCUT2D eigenvalue weighted by Crippen LogP contribution is 2.59. The third-order valence-electron chi connectivity index (χ3n) is 11.1. The molecule has 1 aromatic heterocycles. The van der Waals surface area contributed by atoms with E-state index in [2.05, 4.69) is 164 Å². The molecule has 0 radical (unpaired) electrons. The molecule has 7 aromatic carbocycles. The summed E-state index contributed by atoms with van der Waals surface area (Å²) in [6.45, 7) is 4.73. The fraction of sp³-hybridized carbons (Fsp3) is 0.0851. The maximum atomic E-state index is 10.8. The van der Waals surface area contributed by atoms with Gasteiger partial charge >= 0.3 is 0 Å². The SMILES string of the molecule is CC1(C)c2ccccc2-c2ccc3c(c21)C(c1c(C#N)cccc1-c1cccc(-n2c4ccccc4c4ccccc42)c1)c1ccccc1-3. The van der Waals surface area contributed by atoms with Crippen molar-refractivity contribution in [3.8, 4) is 45.1 Å². The molecular formula is C47H32N2. The first-order chi connectivity index (χ1) is 24.1. The molecule has 0 saturated heterocycles. The second-order valence-electron chi connectivity index (χ2n) is 13.9. The van der Waals surface area contributed by atoms with Gasteiger partial charge in [-0.2, -0.15) is 5.26 Å². The number of hydrogen-bond acceptors (Lipinski definition) is 1. The van der Waals surface area contributed by atoms with Crippen molar-refractivity contribution in [3.05, 3.63) is 185 Å². The van der Waals surface area contributed by atoms with E-state index in [4.69, 9.17) is 0 Å². The second-order valence-corrected chi connectivity index (χ2v) is 13.9. The van der Waals surface area contributed by atoms with Crippen molar-refractivity contribution in [3.63, 3.8) is 0 Å². The molecule has 0 amide bonds. The third kappa shape index (κ3) is 3.76. The van der Waals surface area contributed by atoms with Gasteiger partial charge in [-0.1, -0.05) is 135 Å². The molecule has 2 aliphatic carbocycles. The minimum absolute atomic E-state index is 0.0857. The fourth-order valence-electron chi connectivity index (χ4n) is 9.14. The zero-order chi connectivity index (χ0) is 32.9. The number of rotatable bonds is 3. The van der Waals surface area contributed by atoms with E-state index in [-0.39, 0.29) is 11.3 Å². The van der Waals surface area contributed by atoms with Crippen LogP contribution in [0.3, 0.4) is 0 Å². The Morgan fingerprint density at radius 3 is 1.96 bits per heavy atom. The number of nitrogens with zero attached hydrogens (tertiary/aromatic N) is 2. The van der Waals surface area contributed by atoms with E-state index >= 15 is 0 Å². The molecule has 0 saturated carbocycles. The second kappa shape index (κ2) is 10.2. The molecule has 0 spiro atoms. The van der Waals surface area contributed by atoms with Crippen molar-refractivity contribution < 1.29 is 0 Å². The van der Waals surface area contributed by atoms with Crippen molar-refractivity contribution >= 4 is 21.8 Å². The van der Waals surface area contributed by atoms with Gasteiger partial charge in [0.1, 0.15) is 0 Å². The van der Waals surface area contributed by atoms with Gasteiger partial charge in [-0.25, -0.2) is 0 Å². The minimum atomic E-state index is -0.185. The minimum Gasteiger partial charge on any atom is -0.309 e. The average molecular weight is 625 g/mol. The van der Waals surface area contributed by atoms with E-state index in [9.17, 15) is 5.26 Å². The summed E-state index contributed by atoms with van der Waals surface area (Å²) in [6, 6.07) is 57.4. The number of para-hydroxylation sites is 2. The van der Waals surface area contributed by atoms with Crippen molar-refractivity contribution in [1.29, 1.82) is 5.26 Å². The van der Waals surface area contributed by atoms with Gasteiger partial charge in [0, 0.05) is 27.8 Å². The fourth-order valence-corrected chi connectivity index (χ4v) is 9.14. The van der Waals surface area contributed by atoms with Crippen molar-refractivity contribution in [2.24, 2.45) is 0 Å². The number of fused-ring (bicyclic) bond motifs is 10. The summed E-state index contributed by atoms with van der Waals surface area (Å²) < 4.78 is 2.37. The van der Waals surface area contributed by atoms with Gasteiger partial charge in [0.25, 0.3) is 0 Å². The number of benzene rings is 7. The third-order valence-corrected chi connectivity index (χ3v) is 11.1. The Kier molecular flexibility index (Phi) is 5.79. The molecule has 230 valence electrons. The number of nitriles is 1.